The highest BCUT2D eigenvalue weighted by molar-refractivity contribution is 5.95. The number of carbonyl (C=O) groups is 1. The molecule has 30 heavy (non-hydrogen) atoms. The van der Waals surface area contributed by atoms with E-state index in [-0.39, 0.29) is 23.1 Å². The van der Waals surface area contributed by atoms with Crippen LogP contribution in [0.5, 0.6) is 5.75 Å². The van der Waals surface area contributed by atoms with Gasteiger partial charge in [0.05, 0.1) is 0 Å². The molecule has 1 aromatic heterocycles. The third kappa shape index (κ3) is 3.32. The average Bonchev–Trinajstić information content (AvgIpc) is 3.17. The van der Waals surface area contributed by atoms with Crippen LogP contribution in [-0.2, 0) is 18.4 Å². The molecule has 2 aliphatic rings. The van der Waals surface area contributed by atoms with Crippen molar-refractivity contribution < 1.29 is 9.90 Å². The molecular formula is C24H31N3O3. The maximum Gasteiger partial charge on any atom is 0.315 e. The lowest BCUT2D eigenvalue weighted by atomic mass is 9.75. The molecule has 1 aromatic carbocycles. The van der Waals surface area contributed by atoms with Gasteiger partial charge in [0, 0.05) is 31.0 Å². The van der Waals surface area contributed by atoms with Crippen LogP contribution in [0, 0.1) is 13.8 Å². The number of aromatic hydroxyl groups is 1. The molecule has 2 heterocycles. The molecule has 0 bridgehead atoms. The maximum atomic E-state index is 13.0. The number of hydrogen-bond donors (Lipinski definition) is 1. The van der Waals surface area contributed by atoms with Gasteiger partial charge in [-0.25, -0.2) is 0 Å². The summed E-state index contributed by atoms with van der Waals surface area (Å²) in [7, 11) is 0. The van der Waals surface area contributed by atoms with E-state index in [0.717, 1.165) is 25.7 Å². The lowest BCUT2D eigenvalue weighted by molar-refractivity contribution is 0.0636. The van der Waals surface area contributed by atoms with Gasteiger partial charge in [-0.2, -0.15) is 4.98 Å². The summed E-state index contributed by atoms with van der Waals surface area (Å²) in [5.74, 6) is -0.202. The molecule has 1 fully saturated rings. The average molecular weight is 410 g/mol. The first-order valence-electron chi connectivity index (χ1n) is 10.9. The monoisotopic (exact) mass is 409 g/mol. The highest BCUT2D eigenvalue weighted by Gasteiger charge is 2.39. The molecule has 2 aromatic rings. The lowest BCUT2D eigenvalue weighted by Crippen LogP contribution is -2.46. The standard InChI is InChI=1S/C24H31N3O3/c1-15(2)26-11-12-27-19(25-22(29)21(28)20(27)23(26)30)14-24(9-5-6-10-24)18-8-7-16(3)17(4)13-18/h7-8,13,15,28H,5-6,9-12,14H2,1-4H3. The van der Waals surface area contributed by atoms with Crippen molar-refractivity contribution in [2.24, 2.45) is 0 Å². The predicted octanol–water partition coefficient (Wildman–Crippen LogP) is 3.48. The second-order valence-electron chi connectivity index (χ2n) is 9.24. The number of rotatable bonds is 4. The molecule has 0 radical (unpaired) electrons. The third-order valence-electron chi connectivity index (χ3n) is 7.07. The second kappa shape index (κ2) is 7.56. The fourth-order valence-corrected chi connectivity index (χ4v) is 5.11. The van der Waals surface area contributed by atoms with Gasteiger partial charge in [-0.05, 0) is 57.2 Å². The quantitative estimate of drug-likeness (QED) is 0.839. The van der Waals surface area contributed by atoms with Gasteiger partial charge in [0.15, 0.2) is 5.69 Å². The zero-order chi connectivity index (χ0) is 21.6. The molecule has 1 amide bonds. The lowest BCUT2D eigenvalue weighted by Gasteiger charge is -2.36. The number of aryl methyl sites for hydroxylation is 2. The van der Waals surface area contributed by atoms with Crippen molar-refractivity contribution in [1.29, 1.82) is 0 Å². The first-order valence-corrected chi connectivity index (χ1v) is 10.9. The van der Waals surface area contributed by atoms with Gasteiger partial charge in [0.1, 0.15) is 5.82 Å². The SMILES string of the molecule is Cc1ccc(C2(Cc3nc(=O)c(O)c4n3CCN(C(C)C)C4=O)CCCC2)cc1C. The van der Waals surface area contributed by atoms with Crippen molar-refractivity contribution in [3.63, 3.8) is 0 Å². The van der Waals surface area contributed by atoms with Crippen LogP contribution in [0.25, 0.3) is 0 Å². The number of fused-ring (bicyclic) bond motifs is 1. The van der Waals surface area contributed by atoms with E-state index < -0.39 is 11.3 Å². The van der Waals surface area contributed by atoms with Crippen LogP contribution in [0.1, 0.15) is 72.5 Å². The van der Waals surface area contributed by atoms with Crippen LogP contribution in [0.3, 0.4) is 0 Å². The third-order valence-corrected chi connectivity index (χ3v) is 7.07. The van der Waals surface area contributed by atoms with E-state index >= 15 is 0 Å². The Morgan fingerprint density at radius 2 is 1.80 bits per heavy atom. The largest absolute Gasteiger partial charge is 0.501 e. The molecule has 4 rings (SSSR count). The van der Waals surface area contributed by atoms with Gasteiger partial charge >= 0.3 is 5.56 Å². The van der Waals surface area contributed by atoms with Gasteiger partial charge < -0.3 is 14.6 Å². The topological polar surface area (TPSA) is 75.4 Å². The van der Waals surface area contributed by atoms with Crippen molar-refractivity contribution in [2.75, 3.05) is 6.54 Å². The smallest absolute Gasteiger partial charge is 0.315 e. The van der Waals surface area contributed by atoms with Crippen LogP contribution in [0.2, 0.25) is 0 Å². The molecule has 6 nitrogen and oxygen atoms in total. The summed E-state index contributed by atoms with van der Waals surface area (Å²) in [6.45, 7) is 9.22. The second-order valence-corrected chi connectivity index (χ2v) is 9.24. The molecule has 1 saturated carbocycles. The molecule has 1 aliphatic carbocycles. The van der Waals surface area contributed by atoms with Crippen molar-refractivity contribution >= 4 is 5.91 Å². The fraction of sp³-hybridized carbons (Fsp3) is 0.542. The summed E-state index contributed by atoms with van der Waals surface area (Å²) < 4.78 is 1.79. The van der Waals surface area contributed by atoms with E-state index in [4.69, 9.17) is 0 Å². The molecule has 1 N–H and O–H groups in total. The number of nitrogens with zero attached hydrogens (tertiary/aromatic N) is 3. The molecule has 6 heteroatoms. The summed E-state index contributed by atoms with van der Waals surface area (Å²) >= 11 is 0. The summed E-state index contributed by atoms with van der Waals surface area (Å²) in [6.07, 6.45) is 4.96. The van der Waals surface area contributed by atoms with Gasteiger partial charge in [0.25, 0.3) is 5.91 Å². The molecule has 0 spiro atoms. The number of hydrogen-bond acceptors (Lipinski definition) is 4. The van der Waals surface area contributed by atoms with Crippen molar-refractivity contribution in [3.05, 3.63) is 56.8 Å². The van der Waals surface area contributed by atoms with Crippen LogP contribution in [-0.4, -0.2) is 38.1 Å². The number of carbonyl (C=O) groups excluding carboxylic acids is 1. The molecular weight excluding hydrogens is 378 g/mol. The predicted molar refractivity (Wildman–Crippen MR) is 116 cm³/mol. The Bertz CT molecular complexity index is 1050. The van der Waals surface area contributed by atoms with E-state index in [1.807, 2.05) is 13.8 Å². The summed E-state index contributed by atoms with van der Waals surface area (Å²) in [5.41, 5.74) is 3.11. The highest BCUT2D eigenvalue weighted by Crippen LogP contribution is 2.44. The zero-order valence-corrected chi connectivity index (χ0v) is 18.4. The summed E-state index contributed by atoms with van der Waals surface area (Å²) in [6, 6.07) is 6.64. The first-order chi connectivity index (χ1) is 14.2. The minimum Gasteiger partial charge on any atom is -0.501 e. The van der Waals surface area contributed by atoms with Crippen LogP contribution in [0.4, 0.5) is 0 Å². The van der Waals surface area contributed by atoms with E-state index in [2.05, 4.69) is 37.0 Å². The van der Waals surface area contributed by atoms with Crippen LogP contribution >= 0.6 is 0 Å². The molecule has 1 aliphatic heterocycles. The molecule has 0 atom stereocenters. The maximum absolute atomic E-state index is 13.0. The van der Waals surface area contributed by atoms with Crippen LogP contribution in [0.15, 0.2) is 23.0 Å². The van der Waals surface area contributed by atoms with E-state index in [0.29, 0.717) is 25.3 Å². The normalized spacial score (nSPS) is 18.2. The number of benzene rings is 1. The molecule has 160 valence electrons. The summed E-state index contributed by atoms with van der Waals surface area (Å²) in [5, 5.41) is 10.4. The summed E-state index contributed by atoms with van der Waals surface area (Å²) in [4.78, 5) is 31.5. The first kappa shape index (κ1) is 20.6. The fourth-order valence-electron chi connectivity index (χ4n) is 5.11. The highest BCUT2D eigenvalue weighted by atomic mass is 16.3. The Kier molecular flexibility index (Phi) is 5.20. The van der Waals surface area contributed by atoms with Crippen molar-refractivity contribution in [3.8, 4) is 5.75 Å². The van der Waals surface area contributed by atoms with Gasteiger partial charge in [-0.15, -0.1) is 0 Å². The Labute approximate surface area is 177 Å². The molecule has 0 saturated heterocycles. The van der Waals surface area contributed by atoms with Crippen molar-refractivity contribution in [1.82, 2.24) is 14.5 Å². The number of amides is 1. The van der Waals surface area contributed by atoms with E-state index in [1.165, 1.54) is 16.7 Å². The molecule has 0 unspecified atom stereocenters. The van der Waals surface area contributed by atoms with Crippen molar-refractivity contribution in [2.45, 2.75) is 77.8 Å². The Balaban J connectivity index is 1.81. The van der Waals surface area contributed by atoms with Gasteiger partial charge in [0.2, 0.25) is 5.75 Å². The zero-order valence-electron chi connectivity index (χ0n) is 18.4. The number of aromatic nitrogens is 2. The Hall–Kier alpha value is -2.63. The Morgan fingerprint density at radius 1 is 1.10 bits per heavy atom. The Morgan fingerprint density at radius 3 is 2.43 bits per heavy atom. The van der Waals surface area contributed by atoms with E-state index in [1.54, 1.807) is 9.47 Å². The van der Waals surface area contributed by atoms with E-state index in [9.17, 15) is 14.7 Å². The minimum absolute atomic E-state index is 0.00840. The minimum atomic E-state index is -0.705. The van der Waals surface area contributed by atoms with Gasteiger partial charge in [-0.1, -0.05) is 31.0 Å². The van der Waals surface area contributed by atoms with Gasteiger partial charge in [-0.3, -0.25) is 9.59 Å². The van der Waals surface area contributed by atoms with Crippen LogP contribution < -0.4 is 5.56 Å².